The molecule has 41 heavy (non-hydrogen) atoms. The Labute approximate surface area is 247 Å². The van der Waals surface area contributed by atoms with E-state index in [4.69, 9.17) is 25.9 Å². The Hall–Kier alpha value is -3.46. The van der Waals surface area contributed by atoms with E-state index in [1.165, 1.54) is 32.3 Å². The van der Waals surface area contributed by atoms with E-state index in [9.17, 15) is 23.7 Å². The molecule has 4 atom stereocenters. The zero-order valence-corrected chi connectivity index (χ0v) is 24.9. The first-order valence-electron chi connectivity index (χ1n) is 12.3. The molecule has 4 rings (SSSR count). The zero-order chi connectivity index (χ0) is 29.8. The fraction of sp³-hybridized carbons (Fsp3) is 0.385. The van der Waals surface area contributed by atoms with Gasteiger partial charge in [-0.05, 0) is 49.6 Å². The first-order valence-corrected chi connectivity index (χ1v) is 15.1. The van der Waals surface area contributed by atoms with E-state index in [0.29, 0.717) is 21.9 Å². The summed E-state index contributed by atoms with van der Waals surface area (Å²) in [5.74, 6) is -2.18. The number of carbonyl (C=O) groups is 4. The number of rotatable bonds is 11. The molecule has 1 aromatic carbocycles. The van der Waals surface area contributed by atoms with Crippen molar-refractivity contribution < 1.29 is 38.0 Å². The van der Waals surface area contributed by atoms with Crippen LogP contribution < -0.4 is 10.1 Å². The molecule has 2 aliphatic heterocycles. The number of Topliss-reactive ketones (excluding diaryl/α,β-unsaturated/α-hetero) is 1. The number of oxime groups is 1. The molecule has 2 amide bonds. The summed E-state index contributed by atoms with van der Waals surface area (Å²) in [6, 6.07) is 5.67. The van der Waals surface area contributed by atoms with Crippen LogP contribution >= 0.6 is 22.9 Å². The van der Waals surface area contributed by atoms with Gasteiger partial charge in [0.1, 0.15) is 29.5 Å². The number of fused-ring (bicyclic) bond motifs is 1. The Morgan fingerprint density at radius 3 is 2.61 bits per heavy atom. The predicted molar refractivity (Wildman–Crippen MR) is 151 cm³/mol. The van der Waals surface area contributed by atoms with Crippen molar-refractivity contribution in [2.24, 2.45) is 5.16 Å². The molecule has 1 unspecified atom stereocenters. The molecule has 0 radical (unpaired) electrons. The van der Waals surface area contributed by atoms with Crippen molar-refractivity contribution >= 4 is 63.4 Å². The van der Waals surface area contributed by atoms with Gasteiger partial charge in [0.05, 0.1) is 18.0 Å². The molecular formula is C26H27ClN4O8S2. The first kappa shape index (κ1) is 30.5. The third-order valence-corrected chi connectivity index (χ3v) is 9.08. The molecule has 0 saturated carbocycles. The molecule has 0 bridgehead atoms. The Morgan fingerprint density at radius 2 is 2.02 bits per heavy atom. The number of aromatic nitrogens is 1. The summed E-state index contributed by atoms with van der Waals surface area (Å²) in [4.78, 5) is 61.7. The van der Waals surface area contributed by atoms with E-state index >= 15 is 0 Å². The van der Waals surface area contributed by atoms with Crippen molar-refractivity contribution in [3.05, 3.63) is 57.2 Å². The standard InChI is InChI=1S/C26H27ClN4O8S2/c1-13(32)14(2)39-30-20(19-11-40-15(3)28-19)23(33)29-21-24(34)31-22(17(9-27)12-41(36)25(21)31)26(35)38-10-16-5-7-18(37-4)8-6-16/h5-8,11,14,21,25H,9-10,12H2,1-4H3,(H,29,33)/b30-20-/t14-,21+,25+,41?/m0/s1. The SMILES string of the molecule is COc1ccc(COC(=O)C2=C(CCl)C[S+]([O-])[C@@H]3[C@H](NC(=O)/C(=N\O[C@@H](C)C(C)=O)c4csc(C)n4)C(=O)N23)cc1. The average molecular weight is 623 g/mol. The fourth-order valence-corrected chi connectivity index (χ4v) is 6.59. The fourth-order valence-electron chi connectivity index (χ4n) is 3.98. The van der Waals surface area contributed by atoms with Crippen LogP contribution in [0.2, 0.25) is 0 Å². The number of thiazole rings is 1. The van der Waals surface area contributed by atoms with E-state index < -0.39 is 46.5 Å². The molecule has 0 spiro atoms. The molecule has 1 fully saturated rings. The second kappa shape index (κ2) is 13.0. The topological polar surface area (TPSA) is 160 Å². The number of nitrogens with zero attached hydrogens (tertiary/aromatic N) is 3. The maximum atomic E-state index is 13.3. The third kappa shape index (κ3) is 6.56. The van der Waals surface area contributed by atoms with Gasteiger partial charge >= 0.3 is 5.97 Å². The number of amides is 2. The number of benzene rings is 1. The second-order valence-corrected chi connectivity index (χ2v) is 12.0. The molecule has 3 heterocycles. The van der Waals surface area contributed by atoms with Crippen LogP contribution in [0.25, 0.3) is 0 Å². The zero-order valence-electron chi connectivity index (χ0n) is 22.5. The summed E-state index contributed by atoms with van der Waals surface area (Å²) in [5.41, 5.74) is 0.823. The molecule has 2 aromatic rings. The van der Waals surface area contributed by atoms with Gasteiger partial charge in [-0.3, -0.25) is 19.3 Å². The van der Waals surface area contributed by atoms with Gasteiger partial charge in [0.25, 0.3) is 11.8 Å². The van der Waals surface area contributed by atoms with Crippen molar-refractivity contribution in [2.75, 3.05) is 18.7 Å². The van der Waals surface area contributed by atoms with Crippen molar-refractivity contribution in [1.29, 1.82) is 0 Å². The lowest BCUT2D eigenvalue weighted by Gasteiger charge is -2.49. The third-order valence-electron chi connectivity index (χ3n) is 6.33. The summed E-state index contributed by atoms with van der Waals surface area (Å²) < 4.78 is 23.7. The van der Waals surface area contributed by atoms with E-state index in [0.717, 1.165) is 4.90 Å². The number of ketones is 1. The largest absolute Gasteiger partial charge is 0.614 e. The summed E-state index contributed by atoms with van der Waals surface area (Å²) in [6.07, 6.45) is -0.921. The van der Waals surface area contributed by atoms with E-state index in [-0.39, 0.29) is 41.1 Å². The minimum atomic E-state index is -1.68. The van der Waals surface area contributed by atoms with E-state index in [1.54, 1.807) is 36.6 Å². The smallest absolute Gasteiger partial charge is 0.355 e. The maximum Gasteiger partial charge on any atom is 0.355 e. The molecule has 2 aliphatic rings. The van der Waals surface area contributed by atoms with E-state index in [2.05, 4.69) is 15.5 Å². The molecule has 218 valence electrons. The Kier molecular flexibility index (Phi) is 9.68. The Balaban J connectivity index is 1.51. The lowest BCUT2D eigenvalue weighted by Crippen LogP contribution is -2.75. The molecule has 0 aliphatic carbocycles. The van der Waals surface area contributed by atoms with Crippen molar-refractivity contribution in [2.45, 2.75) is 44.9 Å². The number of β-lactam (4-membered cyclic amide) rings is 1. The minimum Gasteiger partial charge on any atom is -0.614 e. The number of carbonyl (C=O) groups excluding carboxylic acids is 4. The van der Waals surface area contributed by atoms with Crippen molar-refractivity contribution in [1.82, 2.24) is 15.2 Å². The second-order valence-electron chi connectivity index (χ2n) is 9.13. The van der Waals surface area contributed by atoms with E-state index in [1.807, 2.05) is 0 Å². The number of alkyl halides is 1. The van der Waals surface area contributed by atoms with Crippen LogP contribution in [0.5, 0.6) is 5.75 Å². The predicted octanol–water partition coefficient (Wildman–Crippen LogP) is 1.81. The number of methoxy groups -OCH3 is 1. The number of hydrogen-bond donors (Lipinski definition) is 1. The number of nitrogens with one attached hydrogen (secondary N) is 1. The minimum absolute atomic E-state index is 0.0799. The Morgan fingerprint density at radius 1 is 1.32 bits per heavy atom. The molecular weight excluding hydrogens is 596 g/mol. The summed E-state index contributed by atoms with van der Waals surface area (Å²) in [5, 5.41) is 7.58. The van der Waals surface area contributed by atoms with Crippen LogP contribution in [-0.4, -0.2) is 80.0 Å². The molecule has 1 aromatic heterocycles. The molecule has 15 heteroatoms. The van der Waals surface area contributed by atoms with Gasteiger partial charge in [-0.2, -0.15) is 0 Å². The summed E-state index contributed by atoms with van der Waals surface area (Å²) >= 11 is 5.64. The highest BCUT2D eigenvalue weighted by Crippen LogP contribution is 2.37. The van der Waals surface area contributed by atoms with Gasteiger partial charge < -0.3 is 24.2 Å². The van der Waals surface area contributed by atoms with Crippen LogP contribution in [0.15, 0.2) is 46.1 Å². The normalized spacial score (nSPS) is 21.0. The summed E-state index contributed by atoms with van der Waals surface area (Å²) in [6.45, 7) is 4.44. The Bertz CT molecular complexity index is 1410. The van der Waals surface area contributed by atoms with Crippen molar-refractivity contribution in [3.63, 3.8) is 0 Å². The van der Waals surface area contributed by atoms with Gasteiger partial charge in [-0.15, -0.1) is 22.9 Å². The van der Waals surface area contributed by atoms with Crippen LogP contribution in [-0.2, 0) is 46.5 Å². The number of aryl methyl sites for hydroxylation is 1. The monoisotopic (exact) mass is 622 g/mol. The molecule has 1 N–H and O–H groups in total. The highest BCUT2D eigenvalue weighted by Gasteiger charge is 2.61. The lowest BCUT2D eigenvalue weighted by atomic mass is 10.0. The molecule has 1 saturated heterocycles. The van der Waals surface area contributed by atoms with Crippen LogP contribution in [0.4, 0.5) is 0 Å². The number of halogens is 1. The first-order chi connectivity index (χ1) is 19.5. The van der Waals surface area contributed by atoms with Gasteiger partial charge in [0, 0.05) is 11.0 Å². The van der Waals surface area contributed by atoms with Crippen LogP contribution in [0, 0.1) is 6.92 Å². The van der Waals surface area contributed by atoms with Crippen LogP contribution in [0.1, 0.15) is 30.1 Å². The van der Waals surface area contributed by atoms with Gasteiger partial charge in [0.15, 0.2) is 23.6 Å². The van der Waals surface area contributed by atoms with Gasteiger partial charge in [-0.1, -0.05) is 17.3 Å². The number of hydrogen-bond acceptors (Lipinski definition) is 11. The molecule has 12 nitrogen and oxygen atoms in total. The average Bonchev–Trinajstić information content (AvgIpc) is 3.39. The van der Waals surface area contributed by atoms with Gasteiger partial charge in [0.2, 0.25) is 5.37 Å². The van der Waals surface area contributed by atoms with Gasteiger partial charge in [-0.25, -0.2) is 9.78 Å². The highest BCUT2D eigenvalue weighted by atomic mass is 35.5. The highest BCUT2D eigenvalue weighted by molar-refractivity contribution is 7.92. The summed E-state index contributed by atoms with van der Waals surface area (Å²) in [7, 11) is 1.54. The quantitative estimate of drug-likeness (QED) is 0.0984. The number of ether oxygens (including phenoxy) is 2. The number of esters is 1. The maximum absolute atomic E-state index is 13.3. The van der Waals surface area contributed by atoms with Crippen molar-refractivity contribution in [3.8, 4) is 5.75 Å². The lowest BCUT2D eigenvalue weighted by molar-refractivity contribution is -0.153. The van der Waals surface area contributed by atoms with Crippen LogP contribution in [0.3, 0.4) is 0 Å².